The average molecular weight is 354 g/mol. The molecule has 0 unspecified atom stereocenters. The lowest BCUT2D eigenvalue weighted by Crippen LogP contribution is -3.04. The highest BCUT2D eigenvalue weighted by Crippen LogP contribution is 2.16. The number of carbonyl (C=O) groups is 2. The molecule has 0 radical (unpaired) electrons. The molecule has 2 amide bonds. The first-order chi connectivity index (χ1) is 12.4. The second-order valence-corrected chi connectivity index (χ2v) is 6.85. The van der Waals surface area contributed by atoms with Crippen LogP contribution in [-0.2, 0) is 22.7 Å². The third-order valence-corrected chi connectivity index (χ3v) is 4.04. The standard InChI is InChI=1S/C21H27N3O2/c1-16(25)23-20(19-7-5-4-6-8-19)13-21(26)22-14-17-9-11-18(12-10-17)15-24(2)3/h4-12,20H,13-15H2,1-3H3,(H,22,26)(H,23,25)/p+1/t20-/m0/s1. The first-order valence-corrected chi connectivity index (χ1v) is 8.89. The molecule has 0 saturated heterocycles. The van der Waals surface area contributed by atoms with Crippen molar-refractivity contribution in [2.45, 2.75) is 32.5 Å². The van der Waals surface area contributed by atoms with Gasteiger partial charge in [-0.25, -0.2) is 0 Å². The maximum atomic E-state index is 12.3. The van der Waals surface area contributed by atoms with Crippen LogP contribution in [0.1, 0.15) is 36.1 Å². The monoisotopic (exact) mass is 354 g/mol. The van der Waals surface area contributed by atoms with Crippen LogP contribution in [0.5, 0.6) is 0 Å². The Morgan fingerprint density at radius 1 is 0.962 bits per heavy atom. The largest absolute Gasteiger partial charge is 0.352 e. The van der Waals surface area contributed by atoms with Gasteiger partial charge in [0.25, 0.3) is 0 Å². The molecule has 5 heteroatoms. The Labute approximate surface area is 155 Å². The molecule has 26 heavy (non-hydrogen) atoms. The number of hydrogen-bond donors (Lipinski definition) is 3. The topological polar surface area (TPSA) is 62.6 Å². The first kappa shape index (κ1) is 19.7. The summed E-state index contributed by atoms with van der Waals surface area (Å²) in [5.41, 5.74) is 3.26. The molecular formula is C21H28N3O2+. The highest BCUT2D eigenvalue weighted by atomic mass is 16.2. The van der Waals surface area contributed by atoms with Gasteiger partial charge < -0.3 is 15.5 Å². The van der Waals surface area contributed by atoms with E-state index in [4.69, 9.17) is 0 Å². The molecule has 0 aliphatic carbocycles. The van der Waals surface area contributed by atoms with Crippen LogP contribution in [0.3, 0.4) is 0 Å². The van der Waals surface area contributed by atoms with Gasteiger partial charge in [-0.05, 0) is 11.1 Å². The van der Waals surface area contributed by atoms with Crippen molar-refractivity contribution in [3.8, 4) is 0 Å². The number of carbonyl (C=O) groups excluding carboxylic acids is 2. The summed E-state index contributed by atoms with van der Waals surface area (Å²) in [5.74, 6) is -0.236. The summed E-state index contributed by atoms with van der Waals surface area (Å²) in [4.78, 5) is 25.2. The minimum Gasteiger partial charge on any atom is -0.352 e. The van der Waals surface area contributed by atoms with Crippen molar-refractivity contribution < 1.29 is 14.5 Å². The van der Waals surface area contributed by atoms with Gasteiger partial charge >= 0.3 is 0 Å². The summed E-state index contributed by atoms with van der Waals surface area (Å²) in [5, 5.41) is 5.79. The van der Waals surface area contributed by atoms with E-state index in [0.29, 0.717) is 6.54 Å². The summed E-state index contributed by atoms with van der Waals surface area (Å²) in [7, 11) is 4.23. The molecule has 138 valence electrons. The maximum absolute atomic E-state index is 12.3. The predicted molar refractivity (Wildman–Crippen MR) is 102 cm³/mol. The Bertz CT molecular complexity index is 712. The lowest BCUT2D eigenvalue weighted by atomic mass is 10.0. The van der Waals surface area contributed by atoms with Crippen molar-refractivity contribution in [1.82, 2.24) is 10.6 Å². The molecular weight excluding hydrogens is 326 g/mol. The zero-order valence-corrected chi connectivity index (χ0v) is 15.7. The first-order valence-electron chi connectivity index (χ1n) is 8.89. The van der Waals surface area contributed by atoms with Crippen LogP contribution in [0.2, 0.25) is 0 Å². The van der Waals surface area contributed by atoms with Crippen molar-refractivity contribution in [2.75, 3.05) is 14.1 Å². The van der Waals surface area contributed by atoms with Gasteiger partial charge in [0.05, 0.1) is 26.6 Å². The van der Waals surface area contributed by atoms with Crippen molar-refractivity contribution in [2.24, 2.45) is 0 Å². The normalized spacial score (nSPS) is 11.8. The minimum atomic E-state index is -0.320. The quantitative estimate of drug-likeness (QED) is 0.667. The van der Waals surface area contributed by atoms with Gasteiger partial charge in [-0.3, -0.25) is 9.59 Å². The van der Waals surface area contributed by atoms with E-state index in [0.717, 1.165) is 17.7 Å². The smallest absolute Gasteiger partial charge is 0.222 e. The van der Waals surface area contributed by atoms with Crippen LogP contribution in [0.25, 0.3) is 0 Å². The molecule has 0 spiro atoms. The molecule has 2 aromatic rings. The predicted octanol–water partition coefficient (Wildman–Crippen LogP) is 1.21. The number of amides is 2. The Balaban J connectivity index is 1.90. The zero-order valence-electron chi connectivity index (χ0n) is 15.7. The third kappa shape index (κ3) is 6.69. The zero-order chi connectivity index (χ0) is 18.9. The van der Waals surface area contributed by atoms with Crippen LogP contribution in [0, 0.1) is 0 Å². The average Bonchev–Trinajstić information content (AvgIpc) is 2.60. The minimum absolute atomic E-state index is 0.0885. The Kier molecular flexibility index (Phi) is 7.36. The van der Waals surface area contributed by atoms with E-state index >= 15 is 0 Å². The Hall–Kier alpha value is -2.66. The fourth-order valence-corrected chi connectivity index (χ4v) is 2.82. The van der Waals surface area contributed by atoms with E-state index in [1.807, 2.05) is 42.5 Å². The van der Waals surface area contributed by atoms with Crippen molar-refractivity contribution in [3.05, 3.63) is 71.3 Å². The van der Waals surface area contributed by atoms with Gasteiger partial charge in [-0.1, -0.05) is 54.6 Å². The van der Waals surface area contributed by atoms with E-state index in [1.165, 1.54) is 17.4 Å². The van der Waals surface area contributed by atoms with E-state index in [-0.39, 0.29) is 24.3 Å². The molecule has 0 aromatic heterocycles. The van der Waals surface area contributed by atoms with Gasteiger partial charge in [0, 0.05) is 19.0 Å². The fourth-order valence-electron chi connectivity index (χ4n) is 2.82. The summed E-state index contributed by atoms with van der Waals surface area (Å²) in [6.45, 7) is 2.92. The van der Waals surface area contributed by atoms with Crippen LogP contribution in [0.4, 0.5) is 0 Å². The molecule has 0 fully saturated rings. The second-order valence-electron chi connectivity index (χ2n) is 6.85. The molecule has 5 nitrogen and oxygen atoms in total. The van der Waals surface area contributed by atoms with Crippen LogP contribution >= 0.6 is 0 Å². The van der Waals surface area contributed by atoms with Crippen LogP contribution in [0.15, 0.2) is 54.6 Å². The van der Waals surface area contributed by atoms with Gasteiger partial charge in [-0.15, -0.1) is 0 Å². The maximum Gasteiger partial charge on any atom is 0.222 e. The lowest BCUT2D eigenvalue weighted by molar-refractivity contribution is -0.872. The van der Waals surface area contributed by atoms with E-state index in [9.17, 15) is 9.59 Å². The second kappa shape index (κ2) is 9.73. The lowest BCUT2D eigenvalue weighted by Gasteiger charge is -2.18. The highest BCUT2D eigenvalue weighted by molar-refractivity contribution is 5.79. The highest BCUT2D eigenvalue weighted by Gasteiger charge is 2.16. The third-order valence-electron chi connectivity index (χ3n) is 4.04. The SMILES string of the molecule is CC(=O)N[C@@H](CC(=O)NCc1ccc(C[NH+](C)C)cc1)c1ccccc1. The number of hydrogen-bond acceptors (Lipinski definition) is 2. The molecule has 0 heterocycles. The van der Waals surface area contributed by atoms with Crippen molar-refractivity contribution in [1.29, 1.82) is 0 Å². The molecule has 0 bridgehead atoms. The Morgan fingerprint density at radius 3 is 2.15 bits per heavy atom. The molecule has 2 rings (SSSR count). The molecule has 0 aliphatic heterocycles. The summed E-state index contributed by atoms with van der Waals surface area (Å²) in [6, 6.07) is 17.5. The number of benzene rings is 2. The molecule has 0 aliphatic rings. The molecule has 2 aromatic carbocycles. The van der Waals surface area contributed by atoms with Gasteiger partial charge in [0.15, 0.2) is 0 Å². The van der Waals surface area contributed by atoms with Crippen molar-refractivity contribution in [3.63, 3.8) is 0 Å². The van der Waals surface area contributed by atoms with E-state index in [2.05, 4.69) is 36.9 Å². The summed E-state index contributed by atoms with van der Waals surface area (Å²) in [6.07, 6.45) is 0.214. The molecule has 1 atom stereocenters. The van der Waals surface area contributed by atoms with E-state index < -0.39 is 0 Å². The van der Waals surface area contributed by atoms with Crippen molar-refractivity contribution >= 4 is 11.8 Å². The van der Waals surface area contributed by atoms with Gasteiger partial charge in [-0.2, -0.15) is 0 Å². The van der Waals surface area contributed by atoms with Crippen LogP contribution < -0.4 is 15.5 Å². The number of quaternary nitrogens is 1. The number of rotatable bonds is 8. The van der Waals surface area contributed by atoms with Crippen LogP contribution in [-0.4, -0.2) is 25.9 Å². The molecule has 3 N–H and O–H groups in total. The fraction of sp³-hybridized carbons (Fsp3) is 0.333. The van der Waals surface area contributed by atoms with Gasteiger partial charge in [0.2, 0.25) is 11.8 Å². The van der Waals surface area contributed by atoms with E-state index in [1.54, 1.807) is 0 Å². The Morgan fingerprint density at radius 2 is 1.58 bits per heavy atom. The summed E-state index contributed by atoms with van der Waals surface area (Å²) < 4.78 is 0. The number of nitrogens with one attached hydrogen (secondary N) is 3. The summed E-state index contributed by atoms with van der Waals surface area (Å²) >= 11 is 0. The molecule has 0 saturated carbocycles. The van der Waals surface area contributed by atoms with Gasteiger partial charge in [0.1, 0.15) is 6.54 Å².